The van der Waals surface area contributed by atoms with E-state index >= 15 is 0 Å². The molecule has 0 radical (unpaired) electrons. The molecule has 0 aromatic rings. The quantitative estimate of drug-likeness (QED) is 0.474. The van der Waals surface area contributed by atoms with E-state index in [9.17, 15) is 4.79 Å². The highest BCUT2D eigenvalue weighted by molar-refractivity contribution is 8.14. The number of rotatable bonds is 3. The van der Waals surface area contributed by atoms with Gasteiger partial charge in [0, 0.05) is 6.92 Å². The largest absolute Gasteiger partial charge is 0.463 e. The molecule has 0 aromatic carbocycles. The molecule has 0 bridgehead atoms. The van der Waals surface area contributed by atoms with Gasteiger partial charge in [-0.15, -0.1) is 12.4 Å². The van der Waals surface area contributed by atoms with Crippen molar-refractivity contribution >= 4 is 35.3 Å². The van der Waals surface area contributed by atoms with Crippen molar-refractivity contribution in [3.8, 4) is 0 Å². The number of carbonyl (C=O) groups is 1. The van der Waals surface area contributed by atoms with Gasteiger partial charge in [0.05, 0.1) is 6.10 Å². The van der Waals surface area contributed by atoms with Gasteiger partial charge in [-0.3, -0.25) is 10.2 Å². The van der Waals surface area contributed by atoms with E-state index in [2.05, 4.69) is 20.8 Å². The van der Waals surface area contributed by atoms with Crippen molar-refractivity contribution in [2.24, 2.45) is 23.5 Å². The van der Waals surface area contributed by atoms with Gasteiger partial charge >= 0.3 is 5.97 Å². The van der Waals surface area contributed by atoms with E-state index in [1.54, 1.807) is 0 Å². The van der Waals surface area contributed by atoms with Gasteiger partial charge in [-0.2, -0.15) is 0 Å². The second-order valence-electron chi connectivity index (χ2n) is 4.90. The van der Waals surface area contributed by atoms with Crippen LogP contribution in [0.1, 0.15) is 27.7 Å². The Labute approximate surface area is 124 Å². The number of ether oxygens (including phenoxy) is 2. The lowest BCUT2D eigenvalue weighted by Gasteiger charge is -2.42. The van der Waals surface area contributed by atoms with Gasteiger partial charge < -0.3 is 15.2 Å². The lowest BCUT2D eigenvalue weighted by molar-refractivity contribution is -0.156. The third-order valence-corrected chi connectivity index (χ3v) is 4.70. The number of nitrogens with two attached hydrogens (primary N) is 1. The predicted octanol–water partition coefficient (Wildman–Crippen LogP) is 2.23. The molecule has 1 rings (SSSR count). The first-order valence-corrected chi connectivity index (χ1v) is 7.00. The van der Waals surface area contributed by atoms with Crippen molar-refractivity contribution in [1.29, 1.82) is 5.41 Å². The van der Waals surface area contributed by atoms with E-state index in [0.29, 0.717) is 17.8 Å². The molecule has 0 saturated carbocycles. The Bertz CT molecular complexity index is 328. The van der Waals surface area contributed by atoms with Crippen LogP contribution in [0.5, 0.6) is 0 Å². The summed E-state index contributed by atoms with van der Waals surface area (Å²) in [6.45, 7) is 8.02. The minimum absolute atomic E-state index is 0. The number of thioether (sulfide) groups is 1. The Morgan fingerprint density at radius 1 is 1.32 bits per heavy atom. The highest BCUT2D eigenvalue weighted by Crippen LogP contribution is 2.39. The molecule has 5 atom stereocenters. The molecule has 0 aromatic heterocycles. The Kier molecular flexibility index (Phi) is 7.78. The summed E-state index contributed by atoms with van der Waals surface area (Å²) >= 11 is 1.23. The molecular formula is C12H23ClN2O3S. The molecule has 1 aliphatic rings. The van der Waals surface area contributed by atoms with Crippen LogP contribution in [-0.2, 0) is 14.3 Å². The summed E-state index contributed by atoms with van der Waals surface area (Å²) in [4.78, 5) is 10.9. The van der Waals surface area contributed by atoms with Crippen molar-refractivity contribution in [2.75, 3.05) is 6.61 Å². The lowest BCUT2D eigenvalue weighted by Crippen LogP contribution is -2.46. The highest BCUT2D eigenvalue weighted by atomic mass is 35.5. The number of halogens is 1. The molecule has 0 aliphatic carbocycles. The SMILES string of the molecule is CC(=O)OCC1O[C@@H](SC(=N)N)C(C)[C@@H](C)[C@@H]1C.Cl. The fraction of sp³-hybridized carbons (Fsp3) is 0.833. The summed E-state index contributed by atoms with van der Waals surface area (Å²) in [5.74, 6) is 0.745. The minimum atomic E-state index is -0.298. The predicted molar refractivity (Wildman–Crippen MR) is 79.5 cm³/mol. The molecule has 0 amide bonds. The normalized spacial score (nSPS) is 34.2. The molecule has 1 saturated heterocycles. The summed E-state index contributed by atoms with van der Waals surface area (Å²) in [5, 5.41) is 7.40. The van der Waals surface area contributed by atoms with Crippen LogP contribution in [0.15, 0.2) is 0 Å². The summed E-state index contributed by atoms with van der Waals surface area (Å²) in [6, 6.07) is 0. The maximum Gasteiger partial charge on any atom is 0.302 e. The number of hydrogen-bond donors (Lipinski definition) is 2. The van der Waals surface area contributed by atoms with Crippen LogP contribution in [0.2, 0.25) is 0 Å². The molecule has 5 nitrogen and oxygen atoms in total. The van der Waals surface area contributed by atoms with E-state index in [1.165, 1.54) is 18.7 Å². The minimum Gasteiger partial charge on any atom is -0.463 e. The number of nitrogens with one attached hydrogen (secondary N) is 1. The second kappa shape index (κ2) is 7.97. The van der Waals surface area contributed by atoms with E-state index < -0.39 is 0 Å². The Balaban J connectivity index is 0.00000324. The molecule has 112 valence electrons. The standard InChI is InChI=1S/C12H22N2O3S.ClH/c1-6-7(2)10(5-16-9(4)15)17-11(8(6)3)18-12(13)14;/h6-8,10-11H,5H2,1-4H3,(H3,13,14);1H/t6-,7-,8?,10?,11-;/m0./s1. The van der Waals surface area contributed by atoms with Crippen molar-refractivity contribution in [3.63, 3.8) is 0 Å². The van der Waals surface area contributed by atoms with Crippen LogP contribution >= 0.6 is 24.2 Å². The zero-order valence-corrected chi connectivity index (χ0v) is 13.3. The maximum absolute atomic E-state index is 10.9. The second-order valence-corrected chi connectivity index (χ2v) is 6.05. The monoisotopic (exact) mass is 310 g/mol. The van der Waals surface area contributed by atoms with Crippen LogP contribution in [0.3, 0.4) is 0 Å². The zero-order chi connectivity index (χ0) is 13.9. The van der Waals surface area contributed by atoms with Crippen molar-refractivity contribution in [2.45, 2.75) is 39.2 Å². The van der Waals surface area contributed by atoms with Crippen LogP contribution in [0.25, 0.3) is 0 Å². The molecule has 19 heavy (non-hydrogen) atoms. The Hall–Kier alpha value is -0.460. The first-order valence-electron chi connectivity index (χ1n) is 6.12. The van der Waals surface area contributed by atoms with Crippen LogP contribution in [-0.4, -0.2) is 29.3 Å². The first-order chi connectivity index (χ1) is 8.32. The number of hydrogen-bond acceptors (Lipinski definition) is 5. The molecule has 1 heterocycles. The van der Waals surface area contributed by atoms with Gasteiger partial charge in [0.25, 0.3) is 0 Å². The first kappa shape index (κ1) is 18.5. The van der Waals surface area contributed by atoms with Gasteiger partial charge in [-0.05, 0) is 17.8 Å². The summed E-state index contributed by atoms with van der Waals surface area (Å²) in [5.41, 5.74) is 5.27. The van der Waals surface area contributed by atoms with Crippen LogP contribution in [0, 0.1) is 23.2 Å². The molecular weight excluding hydrogens is 288 g/mol. The van der Waals surface area contributed by atoms with Crippen LogP contribution < -0.4 is 5.73 Å². The van der Waals surface area contributed by atoms with Crippen molar-refractivity contribution in [1.82, 2.24) is 0 Å². The molecule has 0 spiro atoms. The van der Waals surface area contributed by atoms with Gasteiger partial charge in [0.2, 0.25) is 0 Å². The molecule has 3 N–H and O–H groups in total. The van der Waals surface area contributed by atoms with Gasteiger partial charge in [0.15, 0.2) is 5.17 Å². The molecule has 2 unspecified atom stereocenters. The maximum atomic E-state index is 10.9. The average molecular weight is 311 g/mol. The smallest absolute Gasteiger partial charge is 0.302 e. The zero-order valence-electron chi connectivity index (χ0n) is 11.7. The van der Waals surface area contributed by atoms with Gasteiger partial charge in [-0.25, -0.2) is 0 Å². The fourth-order valence-electron chi connectivity index (χ4n) is 2.14. The summed E-state index contributed by atoms with van der Waals surface area (Å²) in [7, 11) is 0. The van der Waals surface area contributed by atoms with Crippen LogP contribution in [0.4, 0.5) is 0 Å². The number of esters is 1. The Morgan fingerprint density at radius 2 is 1.89 bits per heavy atom. The van der Waals surface area contributed by atoms with Gasteiger partial charge in [-0.1, -0.05) is 32.5 Å². The lowest BCUT2D eigenvalue weighted by atomic mass is 9.80. The van der Waals surface area contributed by atoms with Crippen molar-refractivity contribution < 1.29 is 14.3 Å². The van der Waals surface area contributed by atoms with Crippen molar-refractivity contribution in [3.05, 3.63) is 0 Å². The van der Waals surface area contributed by atoms with E-state index in [0.717, 1.165) is 0 Å². The third-order valence-electron chi connectivity index (χ3n) is 3.68. The summed E-state index contributed by atoms with van der Waals surface area (Å²) < 4.78 is 10.9. The average Bonchev–Trinajstić information content (AvgIpc) is 2.27. The summed E-state index contributed by atoms with van der Waals surface area (Å²) in [6.07, 6.45) is -0.128. The van der Waals surface area contributed by atoms with E-state index in [-0.39, 0.29) is 41.7 Å². The molecule has 1 aliphatic heterocycles. The topological polar surface area (TPSA) is 85.4 Å². The third kappa shape index (κ3) is 5.20. The van der Waals surface area contributed by atoms with E-state index in [4.69, 9.17) is 20.6 Å². The highest BCUT2D eigenvalue weighted by Gasteiger charge is 2.40. The fourth-order valence-corrected chi connectivity index (χ4v) is 3.05. The Morgan fingerprint density at radius 3 is 2.37 bits per heavy atom. The molecule has 7 heteroatoms. The number of carbonyl (C=O) groups excluding carboxylic acids is 1. The molecule has 1 fully saturated rings. The number of amidine groups is 1. The van der Waals surface area contributed by atoms with Gasteiger partial charge in [0.1, 0.15) is 12.0 Å². The van der Waals surface area contributed by atoms with E-state index in [1.807, 2.05) is 0 Å².